The molecule has 2 aliphatic rings. The summed E-state index contributed by atoms with van der Waals surface area (Å²) in [5, 5.41) is 3.94. The van der Waals surface area contributed by atoms with Crippen molar-refractivity contribution in [1.29, 1.82) is 0 Å². The lowest BCUT2D eigenvalue weighted by Crippen LogP contribution is -2.35. The lowest BCUT2D eigenvalue weighted by Gasteiger charge is -2.39. The Morgan fingerprint density at radius 2 is 1.67 bits per heavy atom. The highest BCUT2D eigenvalue weighted by Crippen LogP contribution is 2.45. The van der Waals surface area contributed by atoms with Crippen molar-refractivity contribution in [2.45, 2.75) is 31.0 Å². The van der Waals surface area contributed by atoms with Crippen LogP contribution in [0.1, 0.15) is 25.0 Å². The van der Waals surface area contributed by atoms with Crippen LogP contribution in [0.2, 0.25) is 0 Å². The monoisotopic (exact) mass is 567 g/mol. The van der Waals surface area contributed by atoms with E-state index in [1.807, 2.05) is 11.8 Å². The van der Waals surface area contributed by atoms with Gasteiger partial charge >= 0.3 is 0 Å². The van der Waals surface area contributed by atoms with E-state index in [1.54, 1.807) is 0 Å². The van der Waals surface area contributed by atoms with Crippen LogP contribution in [0.15, 0.2) is 95.7 Å². The fourth-order valence-corrected chi connectivity index (χ4v) is 5.72. The number of para-hydroxylation sites is 3. The highest BCUT2D eigenvalue weighted by molar-refractivity contribution is 14.0. The van der Waals surface area contributed by atoms with Crippen molar-refractivity contribution in [2.75, 3.05) is 23.3 Å². The van der Waals surface area contributed by atoms with E-state index in [9.17, 15) is 0 Å². The van der Waals surface area contributed by atoms with E-state index in [0.29, 0.717) is 0 Å². The second-order valence-corrected chi connectivity index (χ2v) is 9.30. The van der Waals surface area contributed by atoms with Gasteiger partial charge in [0, 0.05) is 29.2 Å². The van der Waals surface area contributed by atoms with E-state index in [1.165, 1.54) is 44.5 Å². The maximum atomic E-state index is 3.73. The summed E-state index contributed by atoms with van der Waals surface area (Å²) in [7, 11) is 0. The molecule has 0 amide bonds. The number of nitrogens with one attached hydrogen (secondary N) is 1. The molecule has 3 nitrogen and oxygen atoms in total. The Morgan fingerprint density at radius 1 is 0.939 bits per heavy atom. The van der Waals surface area contributed by atoms with Crippen molar-refractivity contribution in [2.24, 2.45) is 0 Å². The summed E-state index contributed by atoms with van der Waals surface area (Å²) >= 11 is 1.89. The molecular formula is C28H30IN3S. The first kappa shape index (κ1) is 23.8. The number of anilines is 3. The molecule has 0 radical (unpaired) electrons. The fraction of sp³-hybridized carbons (Fsp3) is 0.214. The minimum absolute atomic E-state index is 0. The lowest BCUT2D eigenvalue weighted by molar-refractivity contribution is 0.376. The van der Waals surface area contributed by atoms with Crippen molar-refractivity contribution in [1.82, 2.24) is 4.90 Å². The van der Waals surface area contributed by atoms with Crippen LogP contribution in [-0.4, -0.2) is 23.4 Å². The number of nitrogens with zero attached hydrogens (tertiary/aromatic N) is 2. The standard InChI is InChI=1S/C28H29N3S.HI/c1-4-30(5-2)27-19-21(18-26-29-28-20(3)12-11-17-25(28)32-26)23-15-9-10-16-24(23)31(27)22-13-7-6-8-14-22;/h6-19,26,29H,4-5H2,1-3H3;1H. The van der Waals surface area contributed by atoms with Crippen LogP contribution < -0.4 is 10.2 Å². The minimum Gasteiger partial charge on any atom is -0.369 e. The first-order valence-electron chi connectivity index (χ1n) is 11.4. The summed E-state index contributed by atoms with van der Waals surface area (Å²) in [5.74, 6) is 1.22. The third kappa shape index (κ3) is 4.53. The summed E-state index contributed by atoms with van der Waals surface area (Å²) in [4.78, 5) is 6.16. The van der Waals surface area contributed by atoms with E-state index < -0.39 is 0 Å². The highest BCUT2D eigenvalue weighted by Gasteiger charge is 2.28. The fourth-order valence-electron chi connectivity index (χ4n) is 4.56. The molecule has 0 aromatic heterocycles. The molecule has 3 aromatic carbocycles. The Balaban J connectivity index is 0.00000259. The Hall–Kier alpha value is -2.38. The van der Waals surface area contributed by atoms with Gasteiger partial charge in [-0.25, -0.2) is 0 Å². The Kier molecular flexibility index (Phi) is 7.39. The predicted octanol–water partition coefficient (Wildman–Crippen LogP) is 7.88. The molecule has 0 fully saturated rings. The summed E-state index contributed by atoms with van der Waals surface area (Å²) in [6.07, 6.45) is 4.75. The van der Waals surface area contributed by atoms with Gasteiger partial charge in [0.1, 0.15) is 5.82 Å². The van der Waals surface area contributed by atoms with Crippen molar-refractivity contribution < 1.29 is 0 Å². The topological polar surface area (TPSA) is 18.5 Å². The summed E-state index contributed by atoms with van der Waals surface area (Å²) < 4.78 is 0. The quantitative estimate of drug-likeness (QED) is 0.316. The molecule has 0 bridgehead atoms. The zero-order chi connectivity index (χ0) is 22.1. The van der Waals surface area contributed by atoms with Crippen molar-refractivity contribution in [3.05, 3.63) is 102 Å². The number of allylic oxidation sites excluding steroid dienone is 2. The summed E-state index contributed by atoms with van der Waals surface area (Å²) in [6.45, 7) is 8.55. The maximum absolute atomic E-state index is 3.73. The first-order chi connectivity index (χ1) is 15.7. The molecule has 3 aromatic rings. The normalized spacial score (nSPS) is 17.5. The van der Waals surface area contributed by atoms with Crippen LogP contribution in [0.25, 0.3) is 5.57 Å². The van der Waals surface area contributed by atoms with Gasteiger partial charge in [0.05, 0.1) is 16.7 Å². The number of benzene rings is 3. The molecule has 5 heteroatoms. The van der Waals surface area contributed by atoms with Crippen LogP contribution >= 0.6 is 35.7 Å². The SMILES string of the molecule is CCN(CC)C1=CC(=CC2Nc3c(C)cccc3S2)c2ccccc2N1c1ccccc1.I. The third-order valence-electron chi connectivity index (χ3n) is 6.18. The molecule has 1 unspecified atom stereocenters. The molecule has 0 aliphatic carbocycles. The van der Waals surface area contributed by atoms with E-state index >= 15 is 0 Å². The molecule has 170 valence electrons. The van der Waals surface area contributed by atoms with E-state index in [2.05, 4.69) is 121 Å². The number of halogens is 1. The van der Waals surface area contributed by atoms with Gasteiger partial charge in [-0.15, -0.1) is 24.0 Å². The van der Waals surface area contributed by atoms with Crippen LogP contribution in [0.4, 0.5) is 17.1 Å². The van der Waals surface area contributed by atoms with Gasteiger partial charge in [0.2, 0.25) is 0 Å². The zero-order valence-corrected chi connectivity index (χ0v) is 22.4. The number of thioether (sulfide) groups is 1. The molecule has 0 saturated heterocycles. The van der Waals surface area contributed by atoms with Crippen molar-refractivity contribution in [3.63, 3.8) is 0 Å². The molecule has 1 atom stereocenters. The summed E-state index contributed by atoms with van der Waals surface area (Å²) in [5.41, 5.74) is 7.52. The smallest absolute Gasteiger partial charge is 0.114 e. The first-order valence-corrected chi connectivity index (χ1v) is 12.2. The Morgan fingerprint density at radius 3 is 2.39 bits per heavy atom. The Bertz CT molecular complexity index is 1180. The van der Waals surface area contributed by atoms with E-state index in [4.69, 9.17) is 0 Å². The third-order valence-corrected chi connectivity index (χ3v) is 7.28. The minimum atomic E-state index is 0. The number of rotatable bonds is 5. The maximum Gasteiger partial charge on any atom is 0.114 e. The molecule has 5 rings (SSSR count). The van der Waals surface area contributed by atoms with E-state index in [0.717, 1.165) is 13.1 Å². The number of aryl methyl sites for hydroxylation is 1. The van der Waals surface area contributed by atoms with Gasteiger partial charge < -0.3 is 10.2 Å². The summed E-state index contributed by atoms with van der Waals surface area (Å²) in [6, 6.07) is 26.0. The largest absolute Gasteiger partial charge is 0.369 e. The van der Waals surface area contributed by atoms with E-state index in [-0.39, 0.29) is 29.4 Å². The second kappa shape index (κ2) is 10.3. The number of fused-ring (bicyclic) bond motifs is 2. The van der Waals surface area contributed by atoms with Crippen molar-refractivity contribution >= 4 is 58.4 Å². The predicted molar refractivity (Wildman–Crippen MR) is 154 cm³/mol. The van der Waals surface area contributed by atoms with Gasteiger partial charge in [-0.2, -0.15) is 0 Å². The molecular weight excluding hydrogens is 537 g/mol. The number of hydrogen-bond donors (Lipinski definition) is 1. The second-order valence-electron chi connectivity index (χ2n) is 8.12. The van der Waals surface area contributed by atoms with Gasteiger partial charge in [-0.3, -0.25) is 4.90 Å². The van der Waals surface area contributed by atoms with Crippen LogP contribution in [0.5, 0.6) is 0 Å². The molecule has 0 saturated carbocycles. The average molecular weight is 568 g/mol. The van der Waals surface area contributed by atoms with Crippen LogP contribution in [-0.2, 0) is 0 Å². The zero-order valence-electron chi connectivity index (χ0n) is 19.3. The molecule has 33 heavy (non-hydrogen) atoms. The molecule has 0 spiro atoms. The molecule has 2 heterocycles. The highest BCUT2D eigenvalue weighted by atomic mass is 127. The van der Waals surface area contributed by atoms with Gasteiger partial charge in [-0.05, 0) is 68.3 Å². The van der Waals surface area contributed by atoms with Gasteiger partial charge in [0.15, 0.2) is 0 Å². The van der Waals surface area contributed by atoms with Crippen molar-refractivity contribution in [3.8, 4) is 0 Å². The van der Waals surface area contributed by atoms with Gasteiger partial charge in [-0.1, -0.05) is 60.3 Å². The Labute approximate surface area is 218 Å². The van der Waals surface area contributed by atoms with Crippen LogP contribution in [0, 0.1) is 6.92 Å². The van der Waals surface area contributed by atoms with Crippen LogP contribution in [0.3, 0.4) is 0 Å². The molecule has 2 aliphatic heterocycles. The number of hydrogen-bond acceptors (Lipinski definition) is 4. The lowest BCUT2D eigenvalue weighted by atomic mass is 9.97. The van der Waals surface area contributed by atoms with Gasteiger partial charge in [0.25, 0.3) is 0 Å². The molecule has 1 N–H and O–H groups in total. The average Bonchev–Trinajstić information content (AvgIpc) is 3.24.